The van der Waals surface area contributed by atoms with Crippen LogP contribution in [0.4, 0.5) is 10.1 Å². The summed E-state index contributed by atoms with van der Waals surface area (Å²) < 4.78 is 22.2. The van der Waals surface area contributed by atoms with E-state index in [2.05, 4.69) is 5.32 Å². The minimum absolute atomic E-state index is 0.0238. The Morgan fingerprint density at radius 2 is 1.71 bits per heavy atom. The molecule has 0 radical (unpaired) electrons. The molecular formula is C26H19ClFN3O4. The lowest BCUT2D eigenvalue weighted by atomic mass is 10.1. The number of nitrogens with zero attached hydrogens (tertiary/aromatic N) is 2. The van der Waals surface area contributed by atoms with Crippen LogP contribution in [-0.2, 0) is 24.3 Å². The first-order valence-corrected chi connectivity index (χ1v) is 11.2. The third-order valence-corrected chi connectivity index (χ3v) is 5.95. The summed E-state index contributed by atoms with van der Waals surface area (Å²) >= 11 is 5.78. The Kier molecular flexibility index (Phi) is 5.96. The van der Waals surface area contributed by atoms with Crippen molar-refractivity contribution in [3.8, 4) is 0 Å². The molecule has 0 saturated carbocycles. The van der Waals surface area contributed by atoms with Crippen LogP contribution < -0.4 is 16.6 Å². The normalized spacial score (nSPS) is 11.3. The summed E-state index contributed by atoms with van der Waals surface area (Å²) in [5.41, 5.74) is 0.263. The van der Waals surface area contributed by atoms with E-state index < -0.39 is 29.5 Å². The van der Waals surface area contributed by atoms with Gasteiger partial charge in [-0.15, -0.1) is 0 Å². The highest BCUT2D eigenvalue weighted by molar-refractivity contribution is 6.30. The van der Waals surface area contributed by atoms with Crippen molar-refractivity contribution >= 4 is 45.3 Å². The van der Waals surface area contributed by atoms with E-state index in [1.54, 1.807) is 24.3 Å². The number of benzene rings is 3. The summed E-state index contributed by atoms with van der Waals surface area (Å²) in [5, 5.41) is 3.17. The first-order valence-electron chi connectivity index (χ1n) is 10.9. The number of aryl methyl sites for hydroxylation is 1. The molecule has 0 saturated heterocycles. The number of hydrogen-bond donors (Lipinski definition) is 1. The van der Waals surface area contributed by atoms with Gasteiger partial charge in [-0.1, -0.05) is 54.1 Å². The lowest BCUT2D eigenvalue weighted by Crippen LogP contribution is -2.41. The number of amides is 1. The third kappa shape index (κ3) is 4.36. The maximum Gasteiger partial charge on any atom is 0.332 e. The molecule has 0 spiro atoms. The Morgan fingerprint density at radius 1 is 0.971 bits per heavy atom. The third-order valence-electron chi connectivity index (χ3n) is 5.71. The summed E-state index contributed by atoms with van der Waals surface area (Å²) in [6.45, 7) is -0.353. The predicted octanol–water partition coefficient (Wildman–Crippen LogP) is 4.58. The zero-order chi connectivity index (χ0) is 24.5. The van der Waals surface area contributed by atoms with Crippen LogP contribution in [0, 0.1) is 5.82 Å². The Bertz CT molecular complexity index is 1690. The van der Waals surface area contributed by atoms with E-state index in [1.165, 1.54) is 16.7 Å². The number of carbonyl (C=O) groups is 1. The molecule has 35 heavy (non-hydrogen) atoms. The monoisotopic (exact) mass is 491 g/mol. The van der Waals surface area contributed by atoms with Gasteiger partial charge in [-0.05, 0) is 42.3 Å². The molecule has 5 rings (SSSR count). The average Bonchev–Trinajstić information content (AvgIpc) is 3.24. The molecule has 1 amide bonds. The van der Waals surface area contributed by atoms with Crippen molar-refractivity contribution in [2.75, 3.05) is 5.32 Å². The highest BCUT2D eigenvalue weighted by Gasteiger charge is 2.21. The van der Waals surface area contributed by atoms with Crippen LogP contribution in [-0.4, -0.2) is 15.0 Å². The number of hydrogen-bond acceptors (Lipinski definition) is 4. The smallest absolute Gasteiger partial charge is 0.332 e. The molecule has 7 nitrogen and oxygen atoms in total. The number of halogens is 2. The largest absolute Gasteiger partial charge is 0.449 e. The molecule has 5 aromatic rings. The second-order valence-electron chi connectivity index (χ2n) is 8.01. The van der Waals surface area contributed by atoms with Crippen LogP contribution in [0.15, 0.2) is 86.8 Å². The van der Waals surface area contributed by atoms with Gasteiger partial charge >= 0.3 is 5.69 Å². The predicted molar refractivity (Wildman–Crippen MR) is 132 cm³/mol. The second-order valence-corrected chi connectivity index (χ2v) is 8.45. The summed E-state index contributed by atoms with van der Waals surface area (Å²) in [5.74, 6) is -1.35. The minimum atomic E-state index is -0.704. The fourth-order valence-electron chi connectivity index (χ4n) is 4.05. The number of anilines is 1. The molecule has 176 valence electrons. The van der Waals surface area contributed by atoms with Gasteiger partial charge in [-0.25, -0.2) is 9.18 Å². The Morgan fingerprint density at radius 3 is 2.49 bits per heavy atom. The molecule has 0 atom stereocenters. The standard InChI is InChI=1S/C26H19ClFN3O4/c27-17-10-11-20(19(28)14-17)29-22(32)15-31-23-18-8-4-5-9-21(18)35-24(23)25(33)30(26(31)34)13-12-16-6-2-1-3-7-16/h1-11,14H,12-13,15H2,(H,29,32). The molecule has 1 N–H and O–H groups in total. The van der Waals surface area contributed by atoms with Crippen molar-refractivity contribution in [3.05, 3.63) is 110 Å². The quantitative estimate of drug-likeness (QED) is 0.376. The molecule has 0 aliphatic heterocycles. The van der Waals surface area contributed by atoms with Gasteiger partial charge in [0.2, 0.25) is 11.5 Å². The molecule has 0 aliphatic rings. The van der Waals surface area contributed by atoms with E-state index in [-0.39, 0.29) is 28.4 Å². The van der Waals surface area contributed by atoms with Crippen molar-refractivity contribution < 1.29 is 13.6 Å². The summed E-state index contributed by atoms with van der Waals surface area (Å²) in [7, 11) is 0. The fourth-order valence-corrected chi connectivity index (χ4v) is 4.21. The topological polar surface area (TPSA) is 86.2 Å². The number of carbonyl (C=O) groups excluding carboxylic acids is 1. The Balaban J connectivity index is 1.59. The van der Waals surface area contributed by atoms with Crippen LogP contribution in [0.2, 0.25) is 5.02 Å². The molecular weight excluding hydrogens is 473 g/mol. The van der Waals surface area contributed by atoms with Crippen molar-refractivity contribution in [2.24, 2.45) is 0 Å². The first kappa shape index (κ1) is 22.6. The number of aromatic nitrogens is 2. The van der Waals surface area contributed by atoms with E-state index in [9.17, 15) is 18.8 Å². The molecule has 9 heteroatoms. The van der Waals surface area contributed by atoms with E-state index in [1.807, 2.05) is 30.3 Å². The van der Waals surface area contributed by atoms with E-state index >= 15 is 0 Å². The van der Waals surface area contributed by atoms with E-state index in [0.717, 1.165) is 16.2 Å². The number of rotatable bonds is 6. The highest BCUT2D eigenvalue weighted by atomic mass is 35.5. The fraction of sp³-hybridized carbons (Fsp3) is 0.115. The molecule has 0 fully saturated rings. The Hall–Kier alpha value is -4.17. The maximum absolute atomic E-state index is 14.2. The van der Waals surface area contributed by atoms with E-state index in [4.69, 9.17) is 16.0 Å². The lowest BCUT2D eigenvalue weighted by Gasteiger charge is -2.13. The number of fused-ring (bicyclic) bond motifs is 3. The van der Waals surface area contributed by atoms with E-state index in [0.29, 0.717) is 17.4 Å². The number of furan rings is 1. The summed E-state index contributed by atoms with van der Waals surface area (Å²) in [6, 6.07) is 20.2. The summed E-state index contributed by atoms with van der Waals surface area (Å²) in [4.78, 5) is 39.6. The van der Waals surface area contributed by atoms with Crippen molar-refractivity contribution in [1.82, 2.24) is 9.13 Å². The lowest BCUT2D eigenvalue weighted by molar-refractivity contribution is -0.116. The van der Waals surface area contributed by atoms with Gasteiger partial charge in [0.1, 0.15) is 23.5 Å². The van der Waals surface area contributed by atoms with Crippen LogP contribution in [0.5, 0.6) is 0 Å². The van der Waals surface area contributed by atoms with Crippen molar-refractivity contribution in [3.63, 3.8) is 0 Å². The zero-order valence-electron chi connectivity index (χ0n) is 18.3. The van der Waals surface area contributed by atoms with Gasteiger partial charge < -0.3 is 9.73 Å². The van der Waals surface area contributed by atoms with Crippen LogP contribution in [0.1, 0.15) is 5.56 Å². The van der Waals surface area contributed by atoms with Crippen LogP contribution >= 0.6 is 11.6 Å². The minimum Gasteiger partial charge on any atom is -0.449 e. The molecule has 0 unspecified atom stereocenters. The van der Waals surface area contributed by atoms with Gasteiger partial charge in [0.15, 0.2) is 0 Å². The Labute approximate surface area is 203 Å². The van der Waals surface area contributed by atoms with Crippen molar-refractivity contribution in [1.29, 1.82) is 0 Å². The van der Waals surface area contributed by atoms with Gasteiger partial charge in [-0.3, -0.25) is 18.7 Å². The summed E-state index contributed by atoms with van der Waals surface area (Å²) in [6.07, 6.45) is 0.434. The zero-order valence-corrected chi connectivity index (χ0v) is 19.1. The SMILES string of the molecule is O=C(Cn1c(=O)n(CCc2ccccc2)c(=O)c2oc3ccccc3c21)Nc1ccc(Cl)cc1F. The molecule has 0 aliphatic carbocycles. The van der Waals surface area contributed by atoms with Crippen LogP contribution in [0.25, 0.3) is 22.1 Å². The highest BCUT2D eigenvalue weighted by Crippen LogP contribution is 2.26. The van der Waals surface area contributed by atoms with Gasteiger partial charge in [0.05, 0.1) is 5.69 Å². The van der Waals surface area contributed by atoms with Gasteiger partial charge in [-0.2, -0.15) is 0 Å². The van der Waals surface area contributed by atoms with Crippen LogP contribution in [0.3, 0.4) is 0 Å². The second kappa shape index (κ2) is 9.23. The average molecular weight is 492 g/mol. The number of para-hydroxylation sites is 1. The molecule has 0 bridgehead atoms. The molecule has 3 aromatic carbocycles. The van der Waals surface area contributed by atoms with Gasteiger partial charge in [0.25, 0.3) is 5.56 Å². The van der Waals surface area contributed by atoms with Gasteiger partial charge in [0, 0.05) is 17.0 Å². The van der Waals surface area contributed by atoms with Crippen molar-refractivity contribution in [2.45, 2.75) is 19.5 Å². The number of nitrogens with one attached hydrogen (secondary N) is 1. The maximum atomic E-state index is 14.2. The molecule has 2 heterocycles. The molecule has 2 aromatic heterocycles. The first-order chi connectivity index (χ1) is 16.9.